The summed E-state index contributed by atoms with van der Waals surface area (Å²) in [6, 6.07) is 14.2. The molecule has 0 amide bonds. The first-order chi connectivity index (χ1) is 14.5. The number of carbonyl (C=O) groups is 1. The minimum atomic E-state index is 0.154. The van der Waals surface area contributed by atoms with Crippen molar-refractivity contribution in [2.75, 3.05) is 31.7 Å². The fourth-order valence-electron chi connectivity index (χ4n) is 3.83. The van der Waals surface area contributed by atoms with Gasteiger partial charge >= 0.3 is 0 Å². The van der Waals surface area contributed by atoms with Crippen LogP contribution in [0.1, 0.15) is 44.6 Å². The van der Waals surface area contributed by atoms with Crippen molar-refractivity contribution >= 4 is 11.5 Å². The molecular formula is C25H31NO4. The third kappa shape index (κ3) is 5.07. The number of ketones is 1. The van der Waals surface area contributed by atoms with Crippen LogP contribution in [0.25, 0.3) is 0 Å². The predicted octanol–water partition coefficient (Wildman–Crippen LogP) is 4.83. The van der Waals surface area contributed by atoms with Gasteiger partial charge in [-0.3, -0.25) is 0 Å². The second-order valence-electron chi connectivity index (χ2n) is 8.61. The lowest BCUT2D eigenvalue weighted by atomic mass is 9.96. The van der Waals surface area contributed by atoms with Crippen LogP contribution in [0.2, 0.25) is 0 Å². The van der Waals surface area contributed by atoms with Gasteiger partial charge in [-0.2, -0.15) is 0 Å². The summed E-state index contributed by atoms with van der Waals surface area (Å²) >= 11 is 0. The minimum absolute atomic E-state index is 0.154. The van der Waals surface area contributed by atoms with Gasteiger partial charge in [0.1, 0.15) is 29.1 Å². The number of hydrogen-bond acceptors (Lipinski definition) is 5. The van der Waals surface area contributed by atoms with Crippen LogP contribution in [-0.4, -0.2) is 38.7 Å². The summed E-state index contributed by atoms with van der Waals surface area (Å²) in [6.07, 6.45) is 3.29. The van der Waals surface area contributed by atoms with E-state index in [4.69, 9.17) is 14.2 Å². The number of methoxy groups -OCH3 is 1. The molecule has 1 saturated carbocycles. The van der Waals surface area contributed by atoms with Crippen LogP contribution in [0.15, 0.2) is 42.5 Å². The van der Waals surface area contributed by atoms with Gasteiger partial charge in [-0.1, -0.05) is 19.1 Å². The van der Waals surface area contributed by atoms with Crippen molar-refractivity contribution < 1.29 is 19.0 Å². The van der Waals surface area contributed by atoms with E-state index in [-0.39, 0.29) is 17.8 Å². The van der Waals surface area contributed by atoms with E-state index < -0.39 is 0 Å². The lowest BCUT2D eigenvalue weighted by molar-refractivity contribution is -0.117. The van der Waals surface area contributed by atoms with E-state index in [2.05, 4.69) is 30.0 Å². The lowest BCUT2D eigenvalue weighted by Crippen LogP contribution is -2.54. The Kier molecular flexibility index (Phi) is 6.16. The SMILES string of the molecule is COc1cc(OCC2CC2)ccc1N1CC(Oc2ccc([C@H](C)CC(C)=O)cc2)C1. The van der Waals surface area contributed by atoms with Crippen LogP contribution < -0.4 is 19.1 Å². The van der Waals surface area contributed by atoms with Crippen molar-refractivity contribution in [3.8, 4) is 17.2 Å². The summed E-state index contributed by atoms with van der Waals surface area (Å²) in [4.78, 5) is 13.6. The molecule has 2 aromatic rings. The van der Waals surface area contributed by atoms with Gasteiger partial charge < -0.3 is 23.9 Å². The monoisotopic (exact) mass is 409 g/mol. The molecule has 1 saturated heterocycles. The molecule has 2 aliphatic rings. The maximum Gasteiger partial charge on any atom is 0.145 e. The number of benzene rings is 2. The van der Waals surface area contributed by atoms with Gasteiger partial charge in [-0.15, -0.1) is 0 Å². The molecule has 0 N–H and O–H groups in total. The van der Waals surface area contributed by atoms with Crippen LogP contribution in [0.4, 0.5) is 5.69 Å². The number of Topliss-reactive ketones (excluding diaryl/α,β-unsaturated/α-hetero) is 1. The number of carbonyl (C=O) groups excluding carboxylic acids is 1. The summed E-state index contributed by atoms with van der Waals surface area (Å²) in [6.45, 7) is 6.16. The third-order valence-corrected chi connectivity index (χ3v) is 5.87. The topological polar surface area (TPSA) is 48.0 Å². The van der Waals surface area contributed by atoms with Crippen LogP contribution in [-0.2, 0) is 4.79 Å². The van der Waals surface area contributed by atoms with Crippen LogP contribution in [0.5, 0.6) is 17.2 Å². The second-order valence-corrected chi connectivity index (χ2v) is 8.61. The molecule has 160 valence electrons. The van der Waals surface area contributed by atoms with Gasteiger partial charge in [0.05, 0.1) is 32.5 Å². The average molecular weight is 410 g/mol. The second kappa shape index (κ2) is 8.99. The molecule has 0 spiro atoms. The van der Waals surface area contributed by atoms with Gasteiger partial charge in [-0.05, 0) is 61.4 Å². The number of anilines is 1. The molecule has 1 atom stereocenters. The van der Waals surface area contributed by atoms with Crippen LogP contribution in [0, 0.1) is 5.92 Å². The Morgan fingerprint density at radius 3 is 2.43 bits per heavy atom. The summed E-state index contributed by atoms with van der Waals surface area (Å²) < 4.78 is 17.6. The van der Waals surface area contributed by atoms with Crippen molar-refractivity contribution in [3.05, 3.63) is 48.0 Å². The molecule has 2 aromatic carbocycles. The number of rotatable bonds is 10. The predicted molar refractivity (Wildman–Crippen MR) is 118 cm³/mol. The molecular weight excluding hydrogens is 378 g/mol. The van der Waals surface area contributed by atoms with Crippen molar-refractivity contribution in [2.24, 2.45) is 5.92 Å². The molecule has 1 aliphatic carbocycles. The van der Waals surface area contributed by atoms with E-state index in [1.54, 1.807) is 14.0 Å². The van der Waals surface area contributed by atoms with Crippen molar-refractivity contribution in [1.82, 2.24) is 0 Å². The standard InChI is InChI=1S/C25H31NO4/c1-17(12-18(2)27)20-6-8-21(9-7-20)30-23-14-26(15-23)24-11-10-22(13-25(24)28-3)29-16-19-4-5-19/h6-11,13,17,19,23H,4-5,12,14-16H2,1-3H3/t17-/m1/s1. The lowest BCUT2D eigenvalue weighted by Gasteiger charge is -2.41. The molecule has 4 rings (SSSR count). The van der Waals surface area contributed by atoms with E-state index >= 15 is 0 Å². The Morgan fingerprint density at radius 2 is 1.80 bits per heavy atom. The van der Waals surface area contributed by atoms with E-state index in [9.17, 15) is 4.79 Å². The Balaban J connectivity index is 1.29. The molecule has 30 heavy (non-hydrogen) atoms. The van der Waals surface area contributed by atoms with Crippen molar-refractivity contribution in [3.63, 3.8) is 0 Å². The van der Waals surface area contributed by atoms with Gasteiger partial charge in [0.25, 0.3) is 0 Å². The highest BCUT2D eigenvalue weighted by molar-refractivity contribution is 5.76. The van der Waals surface area contributed by atoms with Gasteiger partial charge in [-0.25, -0.2) is 0 Å². The molecule has 1 aliphatic heterocycles. The summed E-state index contributed by atoms with van der Waals surface area (Å²) in [5.41, 5.74) is 2.24. The van der Waals surface area contributed by atoms with Crippen molar-refractivity contribution in [1.29, 1.82) is 0 Å². The number of nitrogens with zero attached hydrogens (tertiary/aromatic N) is 1. The Labute approximate surface area is 178 Å². The molecule has 2 fully saturated rings. The van der Waals surface area contributed by atoms with E-state index in [0.29, 0.717) is 6.42 Å². The summed E-state index contributed by atoms with van der Waals surface area (Å²) in [5.74, 6) is 3.76. The summed E-state index contributed by atoms with van der Waals surface area (Å²) in [7, 11) is 1.70. The first kappa shape index (κ1) is 20.6. The van der Waals surface area contributed by atoms with Crippen LogP contribution in [0.3, 0.4) is 0 Å². The van der Waals surface area contributed by atoms with E-state index in [1.807, 2.05) is 24.3 Å². The normalized spacial score (nSPS) is 17.2. The zero-order valence-electron chi connectivity index (χ0n) is 18.1. The smallest absolute Gasteiger partial charge is 0.145 e. The first-order valence-electron chi connectivity index (χ1n) is 10.8. The van der Waals surface area contributed by atoms with Gasteiger partial charge in [0, 0.05) is 12.5 Å². The molecule has 0 unspecified atom stereocenters. The van der Waals surface area contributed by atoms with Crippen molar-refractivity contribution in [2.45, 2.75) is 45.1 Å². The van der Waals surface area contributed by atoms with E-state index in [0.717, 1.165) is 48.6 Å². The fraction of sp³-hybridized carbons (Fsp3) is 0.480. The molecule has 0 bridgehead atoms. The zero-order chi connectivity index (χ0) is 21.1. The Bertz CT molecular complexity index is 869. The van der Waals surface area contributed by atoms with Crippen LogP contribution >= 0.6 is 0 Å². The van der Waals surface area contributed by atoms with Gasteiger partial charge in [0.15, 0.2) is 0 Å². The highest BCUT2D eigenvalue weighted by Gasteiger charge is 2.31. The van der Waals surface area contributed by atoms with E-state index in [1.165, 1.54) is 18.4 Å². The summed E-state index contributed by atoms with van der Waals surface area (Å²) in [5, 5.41) is 0. The molecule has 5 heteroatoms. The highest BCUT2D eigenvalue weighted by atomic mass is 16.5. The largest absolute Gasteiger partial charge is 0.494 e. The highest BCUT2D eigenvalue weighted by Crippen LogP contribution is 2.36. The molecule has 1 heterocycles. The number of hydrogen-bond donors (Lipinski definition) is 0. The maximum atomic E-state index is 11.3. The molecule has 0 radical (unpaired) electrons. The molecule has 0 aromatic heterocycles. The maximum absolute atomic E-state index is 11.3. The zero-order valence-corrected chi connectivity index (χ0v) is 18.1. The Morgan fingerprint density at radius 1 is 1.10 bits per heavy atom. The molecule has 5 nitrogen and oxygen atoms in total. The fourth-order valence-corrected chi connectivity index (χ4v) is 3.83. The quantitative estimate of drug-likeness (QED) is 0.562. The first-order valence-corrected chi connectivity index (χ1v) is 10.8. The Hall–Kier alpha value is -2.69. The minimum Gasteiger partial charge on any atom is -0.494 e. The average Bonchev–Trinajstić information content (AvgIpc) is 3.53. The number of ether oxygens (including phenoxy) is 3. The van der Waals surface area contributed by atoms with Gasteiger partial charge in [0.2, 0.25) is 0 Å². The third-order valence-electron chi connectivity index (χ3n) is 5.87.